The van der Waals surface area contributed by atoms with Crippen LogP contribution in [0.5, 0.6) is 0 Å². The van der Waals surface area contributed by atoms with Gasteiger partial charge in [0.25, 0.3) is 0 Å². The zero-order valence-corrected chi connectivity index (χ0v) is 11.7. The molecule has 6 nitrogen and oxygen atoms in total. The highest BCUT2D eigenvalue weighted by Gasteiger charge is 2.21. The Morgan fingerprint density at radius 3 is 2.95 bits per heavy atom. The lowest BCUT2D eigenvalue weighted by Crippen LogP contribution is -2.12. The number of benzene rings is 1. The Kier molecular flexibility index (Phi) is 3.96. The van der Waals surface area contributed by atoms with Crippen molar-refractivity contribution in [3.8, 4) is 0 Å². The average Bonchev–Trinajstić information content (AvgIpc) is 2.71. The summed E-state index contributed by atoms with van der Waals surface area (Å²) < 4.78 is 2.24. The number of aliphatic hydroxyl groups is 1. The minimum atomic E-state index is -0.830. The van der Waals surface area contributed by atoms with E-state index in [2.05, 4.69) is 20.9 Å². The number of nitro groups is 1. The summed E-state index contributed by atoms with van der Waals surface area (Å²) in [4.78, 5) is 14.3. The number of aromatic nitrogens is 2. The number of aliphatic hydroxyl groups excluding tert-OH is 1. The molecule has 0 aliphatic carbocycles. The highest BCUT2D eigenvalue weighted by atomic mass is 79.9. The predicted molar refractivity (Wildman–Crippen MR) is 72.7 cm³/mol. The average molecular weight is 326 g/mol. The third-order valence-corrected chi connectivity index (χ3v) is 3.30. The first-order chi connectivity index (χ1) is 8.99. The van der Waals surface area contributed by atoms with Crippen molar-refractivity contribution >= 4 is 21.7 Å². The number of rotatable bonds is 4. The van der Waals surface area contributed by atoms with Crippen molar-refractivity contribution in [2.75, 3.05) is 0 Å². The topological polar surface area (TPSA) is 81.2 Å². The molecule has 1 heterocycles. The summed E-state index contributed by atoms with van der Waals surface area (Å²) in [5.74, 6) is 0.382. The van der Waals surface area contributed by atoms with Crippen molar-refractivity contribution in [1.29, 1.82) is 0 Å². The molecule has 0 radical (unpaired) electrons. The minimum Gasteiger partial charge on any atom is -0.384 e. The van der Waals surface area contributed by atoms with Crippen LogP contribution in [0.15, 0.2) is 34.9 Å². The van der Waals surface area contributed by atoms with Crippen LogP contribution in [0.1, 0.15) is 17.5 Å². The quantitative estimate of drug-likeness (QED) is 0.692. The lowest BCUT2D eigenvalue weighted by molar-refractivity contribution is -0.392. The molecule has 0 fully saturated rings. The maximum Gasteiger partial charge on any atom is 0.342 e. The van der Waals surface area contributed by atoms with E-state index in [1.165, 1.54) is 10.8 Å². The standard InChI is InChI=1S/C12H12BrN3O3/c1-8-14-6-12(16(18)19)15(8)7-11(17)9-3-2-4-10(13)5-9/h2-6,11,17H,7H2,1H3. The van der Waals surface area contributed by atoms with E-state index in [9.17, 15) is 15.2 Å². The lowest BCUT2D eigenvalue weighted by Gasteiger charge is -2.11. The van der Waals surface area contributed by atoms with Crippen molar-refractivity contribution in [2.45, 2.75) is 19.6 Å². The van der Waals surface area contributed by atoms with E-state index < -0.39 is 11.0 Å². The van der Waals surface area contributed by atoms with Gasteiger partial charge in [-0.15, -0.1) is 0 Å². The molecule has 0 saturated carbocycles. The van der Waals surface area contributed by atoms with Crippen molar-refractivity contribution < 1.29 is 10.0 Å². The van der Waals surface area contributed by atoms with E-state index in [1.807, 2.05) is 6.07 Å². The summed E-state index contributed by atoms with van der Waals surface area (Å²) in [6.07, 6.45) is 0.368. The van der Waals surface area contributed by atoms with Crippen molar-refractivity contribution in [3.63, 3.8) is 0 Å². The van der Waals surface area contributed by atoms with Crippen LogP contribution in [0.4, 0.5) is 5.82 Å². The third kappa shape index (κ3) is 2.99. The van der Waals surface area contributed by atoms with Crippen molar-refractivity contribution in [3.05, 3.63) is 56.4 Å². The molecular weight excluding hydrogens is 314 g/mol. The summed E-state index contributed by atoms with van der Waals surface area (Å²) >= 11 is 3.32. The van der Waals surface area contributed by atoms with E-state index in [1.54, 1.807) is 25.1 Å². The van der Waals surface area contributed by atoms with Crippen molar-refractivity contribution in [1.82, 2.24) is 9.55 Å². The smallest absolute Gasteiger partial charge is 0.342 e. The van der Waals surface area contributed by atoms with Gasteiger partial charge in [0.1, 0.15) is 18.8 Å². The van der Waals surface area contributed by atoms with Gasteiger partial charge in [0.15, 0.2) is 5.82 Å². The zero-order chi connectivity index (χ0) is 14.0. The molecule has 100 valence electrons. The van der Waals surface area contributed by atoms with Gasteiger partial charge in [-0.3, -0.25) is 0 Å². The monoisotopic (exact) mass is 325 g/mol. The van der Waals surface area contributed by atoms with Gasteiger partial charge in [-0.2, -0.15) is 0 Å². The van der Waals surface area contributed by atoms with E-state index in [4.69, 9.17) is 0 Å². The normalized spacial score (nSPS) is 12.4. The first-order valence-electron chi connectivity index (χ1n) is 5.59. The fourth-order valence-electron chi connectivity index (χ4n) is 1.82. The Morgan fingerprint density at radius 1 is 1.58 bits per heavy atom. The minimum absolute atomic E-state index is 0.0958. The molecule has 0 bridgehead atoms. The molecule has 2 rings (SSSR count). The highest BCUT2D eigenvalue weighted by Crippen LogP contribution is 2.22. The van der Waals surface area contributed by atoms with Crippen LogP contribution in [0.3, 0.4) is 0 Å². The number of hydrogen-bond acceptors (Lipinski definition) is 4. The second-order valence-electron chi connectivity index (χ2n) is 4.10. The molecule has 1 atom stereocenters. The Bertz CT molecular complexity index is 612. The molecule has 0 spiro atoms. The maximum absolute atomic E-state index is 10.9. The summed E-state index contributed by atoms with van der Waals surface area (Å²) in [6.45, 7) is 1.76. The fourth-order valence-corrected chi connectivity index (χ4v) is 2.24. The third-order valence-electron chi connectivity index (χ3n) is 2.81. The first kappa shape index (κ1) is 13.7. The van der Waals surface area contributed by atoms with Gasteiger partial charge >= 0.3 is 5.82 Å². The SMILES string of the molecule is Cc1ncc([N+](=O)[O-])n1CC(O)c1cccc(Br)c1. The van der Waals surface area contributed by atoms with E-state index in [-0.39, 0.29) is 12.4 Å². The van der Waals surface area contributed by atoms with Crippen LogP contribution >= 0.6 is 15.9 Å². The van der Waals surface area contributed by atoms with Gasteiger partial charge in [-0.25, -0.2) is 9.55 Å². The van der Waals surface area contributed by atoms with Gasteiger partial charge in [-0.05, 0) is 22.6 Å². The number of imidazole rings is 1. The largest absolute Gasteiger partial charge is 0.384 e. The second kappa shape index (κ2) is 5.50. The van der Waals surface area contributed by atoms with Crippen LogP contribution in [0.25, 0.3) is 0 Å². The van der Waals surface area contributed by atoms with Crippen LogP contribution in [0.2, 0.25) is 0 Å². The molecule has 0 saturated heterocycles. The van der Waals surface area contributed by atoms with E-state index in [0.717, 1.165) is 4.47 Å². The maximum atomic E-state index is 10.9. The summed E-state index contributed by atoms with van der Waals surface area (Å²) in [6, 6.07) is 7.20. The molecule has 1 aromatic carbocycles. The Labute approximate surface area is 118 Å². The number of nitrogens with zero attached hydrogens (tertiary/aromatic N) is 3. The molecule has 1 unspecified atom stereocenters. The predicted octanol–water partition coefficient (Wildman–Crippen LogP) is 2.60. The van der Waals surface area contributed by atoms with Gasteiger partial charge in [0.05, 0.1) is 0 Å². The Morgan fingerprint density at radius 2 is 2.32 bits per heavy atom. The van der Waals surface area contributed by atoms with Gasteiger partial charge in [0, 0.05) is 11.4 Å². The van der Waals surface area contributed by atoms with Gasteiger partial charge < -0.3 is 15.2 Å². The summed E-state index contributed by atoms with van der Waals surface area (Å²) in [5, 5.41) is 21.0. The summed E-state index contributed by atoms with van der Waals surface area (Å²) in [5.41, 5.74) is 0.691. The zero-order valence-electron chi connectivity index (χ0n) is 10.2. The molecule has 0 aliphatic heterocycles. The fraction of sp³-hybridized carbons (Fsp3) is 0.250. The molecule has 0 amide bonds. The van der Waals surface area contributed by atoms with Gasteiger partial charge in [0.2, 0.25) is 0 Å². The molecule has 0 aliphatic rings. The van der Waals surface area contributed by atoms with Crippen LogP contribution in [-0.2, 0) is 6.54 Å². The number of halogens is 1. The Balaban J connectivity index is 2.26. The molecular formula is C12H12BrN3O3. The lowest BCUT2D eigenvalue weighted by atomic mass is 10.1. The van der Waals surface area contributed by atoms with Gasteiger partial charge in [-0.1, -0.05) is 28.1 Å². The Hall–Kier alpha value is -1.73. The summed E-state index contributed by atoms with van der Waals surface area (Å²) in [7, 11) is 0. The van der Waals surface area contributed by atoms with Crippen LogP contribution in [0, 0.1) is 17.0 Å². The van der Waals surface area contributed by atoms with Crippen LogP contribution < -0.4 is 0 Å². The molecule has 1 aromatic heterocycles. The molecule has 2 aromatic rings. The first-order valence-corrected chi connectivity index (χ1v) is 6.38. The number of hydrogen-bond donors (Lipinski definition) is 1. The molecule has 7 heteroatoms. The van der Waals surface area contributed by atoms with Crippen molar-refractivity contribution in [2.24, 2.45) is 0 Å². The van der Waals surface area contributed by atoms with E-state index >= 15 is 0 Å². The molecule has 1 N–H and O–H groups in total. The molecule has 19 heavy (non-hydrogen) atoms. The van der Waals surface area contributed by atoms with E-state index in [0.29, 0.717) is 11.4 Å². The number of aryl methyl sites for hydroxylation is 1. The second-order valence-corrected chi connectivity index (χ2v) is 5.02. The van der Waals surface area contributed by atoms with Crippen LogP contribution in [-0.4, -0.2) is 19.6 Å². The highest BCUT2D eigenvalue weighted by molar-refractivity contribution is 9.10.